The van der Waals surface area contributed by atoms with Gasteiger partial charge < -0.3 is 5.32 Å². The molecular formula is C20H39NO9S2. The van der Waals surface area contributed by atoms with Gasteiger partial charge in [-0.3, -0.25) is 13.9 Å². The highest BCUT2D eigenvalue weighted by molar-refractivity contribution is 7.81. The molecule has 0 aliphatic rings. The third-order valence-corrected chi connectivity index (χ3v) is 5.61. The lowest BCUT2D eigenvalue weighted by Crippen LogP contribution is -2.27. The van der Waals surface area contributed by atoms with Crippen molar-refractivity contribution in [1.82, 2.24) is 5.32 Å². The van der Waals surface area contributed by atoms with Gasteiger partial charge in [0.25, 0.3) is 0 Å². The summed E-state index contributed by atoms with van der Waals surface area (Å²) in [6, 6.07) is 0. The monoisotopic (exact) mass is 501 g/mol. The van der Waals surface area contributed by atoms with E-state index in [4.69, 9.17) is 13.3 Å². The molecule has 0 aliphatic carbocycles. The second-order valence-electron chi connectivity index (χ2n) is 7.61. The Labute approximate surface area is 193 Å². The van der Waals surface area contributed by atoms with Gasteiger partial charge in [-0.05, 0) is 32.1 Å². The first-order valence-electron chi connectivity index (χ1n) is 11.2. The van der Waals surface area contributed by atoms with Crippen molar-refractivity contribution in [3.8, 4) is 0 Å². The Hall–Kier alpha value is -1.05. The Bertz CT molecular complexity index is 721. The van der Waals surface area contributed by atoms with Crippen LogP contribution in [0.1, 0.15) is 90.4 Å². The molecule has 0 saturated carbocycles. The van der Waals surface area contributed by atoms with Crippen molar-refractivity contribution in [2.45, 2.75) is 96.5 Å². The highest BCUT2D eigenvalue weighted by Gasteiger charge is 2.15. The summed E-state index contributed by atoms with van der Waals surface area (Å²) in [4.78, 5) is 11.6. The smallest absolute Gasteiger partial charge is 0.354 e. The molecule has 0 fully saturated rings. The Morgan fingerprint density at radius 3 is 2.22 bits per heavy atom. The van der Waals surface area contributed by atoms with Crippen LogP contribution in [0.5, 0.6) is 0 Å². The quantitative estimate of drug-likeness (QED) is 0.121. The van der Waals surface area contributed by atoms with Crippen LogP contribution < -0.4 is 5.32 Å². The number of carbonyl (C=O) groups excluding carboxylic acids is 1. The summed E-state index contributed by atoms with van der Waals surface area (Å²) in [6.45, 7) is 1.81. The van der Waals surface area contributed by atoms with Gasteiger partial charge in [0.05, 0.1) is 12.7 Å². The molecule has 0 unspecified atom stereocenters. The van der Waals surface area contributed by atoms with Gasteiger partial charge in [0, 0.05) is 13.0 Å². The van der Waals surface area contributed by atoms with Crippen LogP contribution in [0.15, 0.2) is 12.2 Å². The van der Waals surface area contributed by atoms with Gasteiger partial charge in [-0.25, -0.2) is 8.37 Å². The summed E-state index contributed by atoms with van der Waals surface area (Å²) in [7, 11) is -8.92. The summed E-state index contributed by atoms with van der Waals surface area (Å²) in [5.41, 5.74) is 0. The Balaban J connectivity index is 3.78. The first kappa shape index (κ1) is 30.9. The predicted molar refractivity (Wildman–Crippen MR) is 122 cm³/mol. The van der Waals surface area contributed by atoms with Crippen molar-refractivity contribution in [2.75, 3.05) is 13.2 Å². The summed E-state index contributed by atoms with van der Waals surface area (Å²) >= 11 is 0. The Morgan fingerprint density at radius 1 is 0.906 bits per heavy atom. The van der Waals surface area contributed by atoms with Crippen LogP contribution in [0.3, 0.4) is 0 Å². The normalized spacial score (nSPS) is 13.5. The van der Waals surface area contributed by atoms with Gasteiger partial charge >= 0.3 is 20.8 Å². The van der Waals surface area contributed by atoms with Gasteiger partial charge in [0.1, 0.15) is 0 Å². The van der Waals surface area contributed by atoms with E-state index in [2.05, 4.69) is 16.4 Å². The number of hydrogen-bond acceptors (Lipinski definition) is 7. The molecule has 190 valence electrons. The topological polar surface area (TPSA) is 156 Å². The maximum Gasteiger partial charge on any atom is 0.397 e. The SMILES string of the molecule is CCCCCC[C@H](C/C=C/CCCCCCCC(=O)NCCOS(=O)(=O)O)OS(=O)(=O)O. The summed E-state index contributed by atoms with van der Waals surface area (Å²) in [6.07, 6.45) is 14.2. The number of nitrogens with one attached hydrogen (secondary N) is 1. The average molecular weight is 502 g/mol. The third kappa shape index (κ3) is 23.6. The van der Waals surface area contributed by atoms with Crippen LogP contribution in [0.4, 0.5) is 0 Å². The molecule has 0 rings (SSSR count). The van der Waals surface area contributed by atoms with Crippen molar-refractivity contribution >= 4 is 26.7 Å². The molecule has 1 atom stereocenters. The van der Waals surface area contributed by atoms with Crippen LogP contribution >= 0.6 is 0 Å². The van der Waals surface area contributed by atoms with Gasteiger partial charge in [-0.2, -0.15) is 16.8 Å². The number of hydrogen-bond donors (Lipinski definition) is 3. The molecule has 0 aromatic heterocycles. The third-order valence-electron chi connectivity index (χ3n) is 4.63. The fourth-order valence-electron chi connectivity index (χ4n) is 3.05. The standard InChI is InChI=1S/C20H39NO9S2/c1-2-3-4-11-14-19(30-32(26,27)28)15-12-9-7-5-6-8-10-13-16-20(22)21-17-18-29-31(23,24)25/h9,12,19H,2-8,10-11,13-18H2,1H3,(H,21,22)(H,23,24,25)(H,26,27,28)/b12-9+/t19-/m1/s1. The summed E-state index contributed by atoms with van der Waals surface area (Å²) in [5, 5.41) is 2.51. The molecule has 0 saturated heterocycles. The first-order chi connectivity index (χ1) is 15.0. The molecule has 32 heavy (non-hydrogen) atoms. The second-order valence-corrected chi connectivity index (χ2v) is 9.75. The van der Waals surface area contributed by atoms with E-state index in [-0.39, 0.29) is 19.1 Å². The Morgan fingerprint density at radius 2 is 1.56 bits per heavy atom. The van der Waals surface area contributed by atoms with E-state index < -0.39 is 26.9 Å². The van der Waals surface area contributed by atoms with Crippen LogP contribution in [0, 0.1) is 0 Å². The van der Waals surface area contributed by atoms with Crippen molar-refractivity contribution in [3.05, 3.63) is 12.2 Å². The highest BCUT2D eigenvalue weighted by atomic mass is 32.3. The molecule has 3 N–H and O–H groups in total. The van der Waals surface area contributed by atoms with Crippen molar-refractivity contribution in [1.29, 1.82) is 0 Å². The minimum atomic E-state index is -4.47. The lowest BCUT2D eigenvalue weighted by molar-refractivity contribution is -0.121. The molecule has 0 aliphatic heterocycles. The van der Waals surface area contributed by atoms with E-state index >= 15 is 0 Å². The average Bonchev–Trinajstić information content (AvgIpc) is 2.68. The van der Waals surface area contributed by atoms with E-state index in [0.717, 1.165) is 64.2 Å². The minimum Gasteiger partial charge on any atom is -0.354 e. The zero-order valence-electron chi connectivity index (χ0n) is 18.9. The summed E-state index contributed by atoms with van der Waals surface area (Å²) < 4.78 is 68.8. The number of amides is 1. The van der Waals surface area contributed by atoms with Crippen molar-refractivity contribution in [2.24, 2.45) is 0 Å². The number of unbranched alkanes of at least 4 members (excludes halogenated alkanes) is 8. The van der Waals surface area contributed by atoms with Crippen LogP contribution in [0.25, 0.3) is 0 Å². The molecule has 0 heterocycles. The lowest BCUT2D eigenvalue weighted by Gasteiger charge is -2.13. The molecular weight excluding hydrogens is 462 g/mol. The van der Waals surface area contributed by atoms with E-state index in [1.165, 1.54) is 0 Å². The molecule has 1 amide bonds. The van der Waals surface area contributed by atoms with Crippen LogP contribution in [-0.2, 0) is 34.0 Å². The second kappa shape index (κ2) is 18.4. The van der Waals surface area contributed by atoms with E-state index in [9.17, 15) is 21.6 Å². The van der Waals surface area contributed by atoms with Crippen molar-refractivity contribution in [3.63, 3.8) is 0 Å². The minimum absolute atomic E-state index is 0.0137. The van der Waals surface area contributed by atoms with Crippen molar-refractivity contribution < 1.29 is 39.1 Å². The molecule has 10 nitrogen and oxygen atoms in total. The molecule has 0 aromatic rings. The lowest BCUT2D eigenvalue weighted by atomic mass is 10.1. The molecule has 0 spiro atoms. The van der Waals surface area contributed by atoms with Crippen LogP contribution in [-0.4, -0.2) is 51.1 Å². The summed E-state index contributed by atoms with van der Waals surface area (Å²) in [5.74, 6) is -0.191. The zero-order valence-corrected chi connectivity index (χ0v) is 20.5. The van der Waals surface area contributed by atoms with E-state index in [0.29, 0.717) is 19.3 Å². The fourth-order valence-corrected chi connectivity index (χ4v) is 3.86. The van der Waals surface area contributed by atoms with Gasteiger partial charge in [-0.15, -0.1) is 0 Å². The van der Waals surface area contributed by atoms with E-state index in [1.54, 1.807) is 0 Å². The predicted octanol–water partition coefficient (Wildman–Crippen LogP) is 3.76. The molecule has 0 radical (unpaired) electrons. The largest absolute Gasteiger partial charge is 0.397 e. The number of allylic oxidation sites excluding steroid dienone is 1. The van der Waals surface area contributed by atoms with Gasteiger partial charge in [0.2, 0.25) is 5.91 Å². The van der Waals surface area contributed by atoms with Crippen LogP contribution in [0.2, 0.25) is 0 Å². The van der Waals surface area contributed by atoms with Gasteiger partial charge in [-0.1, -0.05) is 64.0 Å². The number of carbonyl (C=O) groups is 1. The Kier molecular flexibility index (Phi) is 17.8. The zero-order chi connectivity index (χ0) is 24.3. The fraction of sp³-hybridized carbons (Fsp3) is 0.850. The molecule has 12 heteroatoms. The molecule has 0 bridgehead atoms. The highest BCUT2D eigenvalue weighted by Crippen LogP contribution is 2.15. The maximum absolute atomic E-state index is 11.6. The van der Waals surface area contributed by atoms with Gasteiger partial charge in [0.15, 0.2) is 0 Å². The first-order valence-corrected chi connectivity index (χ1v) is 14.0. The maximum atomic E-state index is 11.6. The molecule has 0 aromatic carbocycles. The number of rotatable bonds is 21. The van der Waals surface area contributed by atoms with E-state index in [1.807, 2.05) is 12.2 Å².